The van der Waals surface area contributed by atoms with Crippen LogP contribution in [0.2, 0.25) is 0 Å². The first-order chi connectivity index (χ1) is 6.25. The van der Waals surface area contributed by atoms with Crippen LogP contribution in [0, 0.1) is 11.3 Å². The van der Waals surface area contributed by atoms with Gasteiger partial charge in [-0.2, -0.15) is 5.26 Å². The molecule has 0 aliphatic carbocycles. The van der Waals surface area contributed by atoms with Crippen molar-refractivity contribution in [2.75, 3.05) is 6.26 Å². The van der Waals surface area contributed by atoms with Crippen molar-refractivity contribution in [2.45, 2.75) is 11.7 Å². The molecule has 0 saturated carbocycles. The van der Waals surface area contributed by atoms with E-state index in [-0.39, 0.29) is 5.25 Å². The molecule has 1 rings (SSSR count). The van der Waals surface area contributed by atoms with Crippen molar-refractivity contribution in [1.29, 1.82) is 5.26 Å². The number of benzene rings is 1. The van der Waals surface area contributed by atoms with E-state index in [0.717, 1.165) is 5.56 Å². The molecule has 0 bridgehead atoms. The zero-order valence-electron chi connectivity index (χ0n) is 7.43. The lowest BCUT2D eigenvalue weighted by Crippen LogP contribution is -2.03. The fraction of sp³-hybridized carbons (Fsp3) is 0.300. The van der Waals surface area contributed by atoms with Gasteiger partial charge in [-0.25, -0.2) is 0 Å². The quantitative estimate of drug-likeness (QED) is 0.737. The van der Waals surface area contributed by atoms with Crippen LogP contribution in [-0.2, 0) is 10.8 Å². The van der Waals surface area contributed by atoms with Crippen LogP contribution in [0.15, 0.2) is 30.3 Å². The van der Waals surface area contributed by atoms with Crippen LogP contribution in [0.5, 0.6) is 0 Å². The lowest BCUT2D eigenvalue weighted by atomic mass is 10.1. The van der Waals surface area contributed by atoms with E-state index in [2.05, 4.69) is 6.07 Å². The molecule has 1 aromatic rings. The third kappa shape index (κ3) is 2.67. The molecule has 0 radical (unpaired) electrons. The van der Waals surface area contributed by atoms with Crippen LogP contribution in [0.25, 0.3) is 0 Å². The van der Waals surface area contributed by atoms with Gasteiger partial charge in [0.05, 0.1) is 17.7 Å². The van der Waals surface area contributed by atoms with Gasteiger partial charge in [0.1, 0.15) is 0 Å². The maximum atomic E-state index is 11.3. The van der Waals surface area contributed by atoms with Crippen LogP contribution in [-0.4, -0.2) is 10.5 Å². The van der Waals surface area contributed by atoms with Gasteiger partial charge in [0.15, 0.2) is 0 Å². The van der Waals surface area contributed by atoms with Gasteiger partial charge < -0.3 is 0 Å². The predicted octanol–water partition coefficient (Wildman–Crippen LogP) is 2.02. The Morgan fingerprint density at radius 3 is 2.54 bits per heavy atom. The Balaban J connectivity index is 2.90. The lowest BCUT2D eigenvalue weighted by Gasteiger charge is -2.09. The van der Waals surface area contributed by atoms with E-state index in [0.29, 0.717) is 6.42 Å². The number of rotatable bonds is 3. The van der Waals surface area contributed by atoms with Gasteiger partial charge in [0.25, 0.3) is 0 Å². The molecule has 0 spiro atoms. The normalized spacial score (nSPS) is 14.5. The SMILES string of the molecule is CS(=O)C(CC#N)c1ccccc1. The molecule has 3 heteroatoms. The van der Waals surface area contributed by atoms with Crippen LogP contribution in [0.4, 0.5) is 0 Å². The summed E-state index contributed by atoms with van der Waals surface area (Å²) in [5.74, 6) is 0. The zero-order chi connectivity index (χ0) is 9.68. The van der Waals surface area contributed by atoms with Crippen molar-refractivity contribution in [2.24, 2.45) is 0 Å². The third-order valence-electron chi connectivity index (χ3n) is 1.85. The fourth-order valence-electron chi connectivity index (χ4n) is 1.18. The maximum absolute atomic E-state index is 11.3. The van der Waals surface area contributed by atoms with Gasteiger partial charge in [0.2, 0.25) is 0 Å². The molecule has 2 nitrogen and oxygen atoms in total. The van der Waals surface area contributed by atoms with E-state index in [1.807, 2.05) is 30.3 Å². The van der Waals surface area contributed by atoms with Gasteiger partial charge in [-0.15, -0.1) is 0 Å². The van der Waals surface area contributed by atoms with Crippen LogP contribution < -0.4 is 0 Å². The van der Waals surface area contributed by atoms with Crippen molar-refractivity contribution >= 4 is 10.8 Å². The molecular weight excluding hydrogens is 182 g/mol. The molecule has 13 heavy (non-hydrogen) atoms. The topological polar surface area (TPSA) is 40.9 Å². The van der Waals surface area contributed by atoms with Crippen LogP contribution >= 0.6 is 0 Å². The van der Waals surface area contributed by atoms with Crippen LogP contribution in [0.3, 0.4) is 0 Å². The number of hydrogen-bond donors (Lipinski definition) is 0. The number of nitrogens with zero attached hydrogens (tertiary/aromatic N) is 1. The minimum atomic E-state index is -0.977. The second-order valence-electron chi connectivity index (χ2n) is 2.76. The highest BCUT2D eigenvalue weighted by Crippen LogP contribution is 2.21. The van der Waals surface area contributed by atoms with Crippen molar-refractivity contribution in [3.05, 3.63) is 35.9 Å². The second kappa shape index (κ2) is 4.78. The fourth-order valence-corrected chi connectivity index (χ4v) is 2.03. The first kappa shape index (κ1) is 9.94. The van der Waals surface area contributed by atoms with E-state index in [1.165, 1.54) is 0 Å². The molecular formula is C10H11NOS. The molecule has 0 aliphatic heterocycles. The van der Waals surface area contributed by atoms with E-state index in [9.17, 15) is 4.21 Å². The average Bonchev–Trinajstić information content (AvgIpc) is 2.15. The summed E-state index contributed by atoms with van der Waals surface area (Å²) in [6.45, 7) is 0. The molecule has 0 saturated heterocycles. The Morgan fingerprint density at radius 2 is 2.08 bits per heavy atom. The van der Waals surface area contributed by atoms with Gasteiger partial charge >= 0.3 is 0 Å². The summed E-state index contributed by atoms with van der Waals surface area (Å²) in [6, 6.07) is 11.6. The van der Waals surface area contributed by atoms with E-state index in [4.69, 9.17) is 5.26 Å². The zero-order valence-corrected chi connectivity index (χ0v) is 8.25. The first-order valence-corrected chi connectivity index (χ1v) is 5.62. The van der Waals surface area contributed by atoms with Gasteiger partial charge in [-0.3, -0.25) is 4.21 Å². The van der Waals surface area contributed by atoms with Gasteiger partial charge in [-0.05, 0) is 5.56 Å². The predicted molar refractivity (Wildman–Crippen MR) is 53.5 cm³/mol. The number of hydrogen-bond acceptors (Lipinski definition) is 2. The Bertz CT molecular complexity index is 329. The minimum Gasteiger partial charge on any atom is -0.259 e. The van der Waals surface area contributed by atoms with E-state index < -0.39 is 10.8 Å². The van der Waals surface area contributed by atoms with Gasteiger partial charge in [0, 0.05) is 17.1 Å². The second-order valence-corrected chi connectivity index (χ2v) is 4.33. The third-order valence-corrected chi connectivity index (χ3v) is 3.09. The molecule has 0 amide bonds. The molecule has 0 heterocycles. The monoisotopic (exact) mass is 193 g/mol. The summed E-state index contributed by atoms with van der Waals surface area (Å²) in [5, 5.41) is 8.42. The number of nitriles is 1. The summed E-state index contributed by atoms with van der Waals surface area (Å²) in [7, 11) is -0.977. The minimum absolute atomic E-state index is 0.147. The van der Waals surface area contributed by atoms with Gasteiger partial charge in [-0.1, -0.05) is 30.3 Å². The summed E-state index contributed by atoms with van der Waals surface area (Å²) in [4.78, 5) is 0. The van der Waals surface area contributed by atoms with E-state index in [1.54, 1.807) is 6.26 Å². The highest BCUT2D eigenvalue weighted by molar-refractivity contribution is 7.84. The Hall–Kier alpha value is -1.14. The van der Waals surface area contributed by atoms with E-state index >= 15 is 0 Å². The van der Waals surface area contributed by atoms with Crippen molar-refractivity contribution < 1.29 is 4.21 Å². The molecule has 2 atom stereocenters. The van der Waals surface area contributed by atoms with Crippen LogP contribution in [0.1, 0.15) is 17.2 Å². The summed E-state index contributed by atoms with van der Waals surface area (Å²) in [6.07, 6.45) is 1.95. The maximum Gasteiger partial charge on any atom is 0.0724 e. The molecule has 1 aromatic carbocycles. The summed E-state index contributed by atoms with van der Waals surface area (Å²) < 4.78 is 11.3. The molecule has 0 aromatic heterocycles. The average molecular weight is 193 g/mol. The smallest absolute Gasteiger partial charge is 0.0724 e. The summed E-state index contributed by atoms with van der Waals surface area (Å²) >= 11 is 0. The molecule has 68 valence electrons. The standard InChI is InChI=1S/C10H11NOS/c1-13(12)10(7-8-11)9-5-3-2-4-6-9/h2-6,10H,7H2,1H3. The largest absolute Gasteiger partial charge is 0.259 e. The molecule has 2 unspecified atom stereocenters. The summed E-state index contributed by atoms with van der Waals surface area (Å²) in [5.41, 5.74) is 0.977. The molecule has 0 N–H and O–H groups in total. The Labute approximate surface area is 80.7 Å². The molecule has 0 aliphatic rings. The van der Waals surface area contributed by atoms with Crippen molar-refractivity contribution in [1.82, 2.24) is 0 Å². The van der Waals surface area contributed by atoms with Crippen molar-refractivity contribution in [3.63, 3.8) is 0 Å². The highest BCUT2D eigenvalue weighted by Gasteiger charge is 2.14. The Morgan fingerprint density at radius 1 is 1.46 bits per heavy atom. The lowest BCUT2D eigenvalue weighted by molar-refractivity contribution is 0.676. The Kier molecular flexibility index (Phi) is 3.66. The van der Waals surface area contributed by atoms with Crippen molar-refractivity contribution in [3.8, 4) is 6.07 Å². The molecule has 0 fully saturated rings. The highest BCUT2D eigenvalue weighted by atomic mass is 32.2. The first-order valence-electron chi connectivity index (χ1n) is 4.00.